The first kappa shape index (κ1) is 26.9. The smallest absolute Gasteiger partial charge is 0.357 e. The van der Waals surface area contributed by atoms with E-state index in [-0.39, 0.29) is 23.5 Å². The minimum atomic E-state index is -0.404. The minimum absolute atomic E-state index is 0.0132. The number of methoxy groups -OCH3 is 1. The molecule has 0 N–H and O–H groups in total. The number of anilines is 1. The fourth-order valence-electron chi connectivity index (χ4n) is 5.47. The number of thioether (sulfide) groups is 1. The van der Waals surface area contributed by atoms with Gasteiger partial charge in [-0.2, -0.15) is 5.26 Å². The summed E-state index contributed by atoms with van der Waals surface area (Å²) in [6.07, 6.45) is 1.07. The number of Topliss-reactive ketones (excluding diaryl/α,β-unsaturated/α-hetero) is 1. The van der Waals surface area contributed by atoms with Crippen molar-refractivity contribution in [3.8, 4) is 11.8 Å². The molecular formula is C27H32N4O5S2. The van der Waals surface area contributed by atoms with Crippen LogP contribution in [0.25, 0.3) is 0 Å². The monoisotopic (exact) mass is 556 g/mol. The van der Waals surface area contributed by atoms with Crippen LogP contribution in [0.1, 0.15) is 28.9 Å². The van der Waals surface area contributed by atoms with Crippen LogP contribution in [0.3, 0.4) is 0 Å². The molecule has 0 bridgehead atoms. The van der Waals surface area contributed by atoms with E-state index in [9.17, 15) is 14.9 Å². The van der Waals surface area contributed by atoms with Crippen LogP contribution in [0.4, 0.5) is 5.69 Å². The molecule has 3 heterocycles. The molecule has 1 aromatic carbocycles. The molecule has 5 rings (SSSR count). The van der Waals surface area contributed by atoms with Crippen molar-refractivity contribution < 1.29 is 23.8 Å². The Kier molecular flexibility index (Phi) is 8.84. The molecule has 3 atom stereocenters. The molecule has 2 aromatic rings. The standard InChI is InChI=1S/C27H32N4O5S2/c1-34-25-4-2-3-23-21(25)16-31(23)15-20-19(18(14-28)13-24(20)32)5-12-37-27-29-22(17-38-27)26(33)36-11-8-30-6-9-35-10-7-30/h2-4,17-20H,5-13,15-16H2,1H3/t18?,19-,20+/m0/s1. The van der Waals surface area contributed by atoms with Crippen molar-refractivity contribution in [1.82, 2.24) is 9.88 Å². The van der Waals surface area contributed by atoms with Crippen LogP contribution >= 0.6 is 23.1 Å². The summed E-state index contributed by atoms with van der Waals surface area (Å²) in [5, 5.41) is 11.5. The highest BCUT2D eigenvalue weighted by molar-refractivity contribution is 8.01. The number of carbonyl (C=O) groups excluding carboxylic acids is 2. The number of fused-ring (bicyclic) bond motifs is 1. The highest BCUT2D eigenvalue weighted by atomic mass is 32.2. The number of hydrogen-bond acceptors (Lipinski definition) is 11. The fraction of sp³-hybridized carbons (Fsp3) is 0.556. The van der Waals surface area contributed by atoms with Crippen LogP contribution in [-0.4, -0.2) is 80.5 Å². The van der Waals surface area contributed by atoms with E-state index in [0.717, 1.165) is 47.6 Å². The van der Waals surface area contributed by atoms with E-state index in [2.05, 4.69) is 26.9 Å². The van der Waals surface area contributed by atoms with Gasteiger partial charge in [0, 0.05) is 67.4 Å². The molecule has 38 heavy (non-hydrogen) atoms. The largest absolute Gasteiger partial charge is 0.496 e. The van der Waals surface area contributed by atoms with Gasteiger partial charge in [0.15, 0.2) is 10.0 Å². The molecular weight excluding hydrogens is 524 g/mol. The van der Waals surface area contributed by atoms with Crippen LogP contribution in [0.5, 0.6) is 5.75 Å². The summed E-state index contributed by atoms with van der Waals surface area (Å²) < 4.78 is 17.0. The number of rotatable bonds is 11. The van der Waals surface area contributed by atoms with Crippen molar-refractivity contribution in [2.45, 2.75) is 23.7 Å². The molecule has 0 amide bonds. The second-order valence-electron chi connectivity index (χ2n) is 9.74. The summed E-state index contributed by atoms with van der Waals surface area (Å²) in [4.78, 5) is 34.2. The van der Waals surface area contributed by atoms with Gasteiger partial charge in [-0.3, -0.25) is 9.69 Å². The number of nitrogens with zero attached hydrogens (tertiary/aromatic N) is 4. The number of ether oxygens (including phenoxy) is 3. The Bertz CT molecular complexity index is 1190. The zero-order chi connectivity index (χ0) is 26.5. The third-order valence-corrected chi connectivity index (χ3v) is 9.64. The summed E-state index contributed by atoms with van der Waals surface area (Å²) in [7, 11) is 1.67. The van der Waals surface area contributed by atoms with E-state index in [1.165, 1.54) is 16.9 Å². The van der Waals surface area contributed by atoms with Crippen LogP contribution < -0.4 is 9.64 Å². The zero-order valence-electron chi connectivity index (χ0n) is 21.5. The lowest BCUT2D eigenvalue weighted by Gasteiger charge is -2.39. The number of nitriles is 1. The summed E-state index contributed by atoms with van der Waals surface area (Å²) >= 11 is 2.99. The van der Waals surface area contributed by atoms with Crippen molar-refractivity contribution in [2.24, 2.45) is 17.8 Å². The number of thiazole rings is 1. The molecule has 11 heteroatoms. The molecule has 2 aliphatic heterocycles. The Hall–Kier alpha value is -2.65. The molecule has 1 unspecified atom stereocenters. The lowest BCUT2D eigenvalue weighted by molar-refractivity contribution is -0.121. The van der Waals surface area contributed by atoms with E-state index >= 15 is 0 Å². The third-order valence-electron chi connectivity index (χ3n) is 7.58. The fourth-order valence-corrected chi connectivity index (χ4v) is 7.38. The maximum atomic E-state index is 12.9. The maximum Gasteiger partial charge on any atom is 0.357 e. The second kappa shape index (κ2) is 12.5. The molecule has 202 valence electrons. The molecule has 0 spiro atoms. The Labute approximate surface area is 231 Å². The van der Waals surface area contributed by atoms with Crippen LogP contribution in [0.2, 0.25) is 0 Å². The number of esters is 1. The van der Waals surface area contributed by atoms with Crippen molar-refractivity contribution in [3.05, 3.63) is 34.8 Å². The Morgan fingerprint density at radius 2 is 2.18 bits per heavy atom. The lowest BCUT2D eigenvalue weighted by Crippen LogP contribution is -2.40. The Morgan fingerprint density at radius 1 is 1.34 bits per heavy atom. The normalized spacial score (nSPS) is 23.0. The van der Waals surface area contributed by atoms with Crippen LogP contribution in [0.15, 0.2) is 27.9 Å². The summed E-state index contributed by atoms with van der Waals surface area (Å²) in [6, 6.07) is 8.36. The molecule has 3 aliphatic rings. The van der Waals surface area contributed by atoms with Gasteiger partial charge in [0.2, 0.25) is 0 Å². The van der Waals surface area contributed by atoms with Gasteiger partial charge in [-0.15, -0.1) is 11.3 Å². The quantitative estimate of drug-likeness (QED) is 0.302. The predicted octanol–water partition coefficient (Wildman–Crippen LogP) is 3.49. The van der Waals surface area contributed by atoms with Crippen molar-refractivity contribution >= 4 is 40.5 Å². The third kappa shape index (κ3) is 5.99. The van der Waals surface area contributed by atoms with E-state index in [0.29, 0.717) is 45.0 Å². The van der Waals surface area contributed by atoms with E-state index in [1.54, 1.807) is 24.3 Å². The summed E-state index contributed by atoms with van der Waals surface area (Å²) in [5.41, 5.74) is 2.61. The SMILES string of the molecule is COc1cccc2c1CN2C[C@H]1C(=O)CC(C#N)[C@@H]1CCSc1nc(C(=O)OCCN2CCOCC2)cs1. The predicted molar refractivity (Wildman–Crippen MR) is 145 cm³/mol. The molecule has 2 fully saturated rings. The van der Waals surface area contributed by atoms with Crippen molar-refractivity contribution in [1.29, 1.82) is 5.26 Å². The highest BCUT2D eigenvalue weighted by Gasteiger charge is 2.44. The minimum Gasteiger partial charge on any atom is -0.496 e. The zero-order valence-corrected chi connectivity index (χ0v) is 23.1. The van der Waals surface area contributed by atoms with E-state index in [1.807, 2.05) is 12.1 Å². The summed E-state index contributed by atoms with van der Waals surface area (Å²) in [6.45, 7) is 5.55. The van der Waals surface area contributed by atoms with Gasteiger partial charge < -0.3 is 19.1 Å². The number of benzene rings is 1. The first-order valence-corrected chi connectivity index (χ1v) is 14.8. The first-order chi connectivity index (χ1) is 18.6. The first-order valence-electron chi connectivity index (χ1n) is 13.0. The van der Waals surface area contributed by atoms with Gasteiger partial charge in [-0.05, 0) is 24.5 Å². The van der Waals surface area contributed by atoms with Crippen molar-refractivity contribution in [2.75, 3.05) is 63.8 Å². The van der Waals surface area contributed by atoms with Gasteiger partial charge in [0.25, 0.3) is 0 Å². The molecule has 1 aliphatic carbocycles. The number of ketones is 1. The van der Waals surface area contributed by atoms with Crippen molar-refractivity contribution in [3.63, 3.8) is 0 Å². The Balaban J connectivity index is 1.11. The summed E-state index contributed by atoms with van der Waals surface area (Å²) in [5.74, 6) is 0.983. The second-order valence-corrected chi connectivity index (χ2v) is 11.9. The maximum absolute atomic E-state index is 12.9. The van der Waals surface area contributed by atoms with Gasteiger partial charge in [0.05, 0.1) is 32.3 Å². The molecule has 9 nitrogen and oxygen atoms in total. The average molecular weight is 557 g/mol. The van der Waals surface area contributed by atoms with Gasteiger partial charge in [0.1, 0.15) is 18.1 Å². The van der Waals surface area contributed by atoms with E-state index < -0.39 is 5.97 Å². The molecule has 1 saturated carbocycles. The average Bonchev–Trinajstić information content (AvgIpc) is 3.52. The number of hydrogen-bond donors (Lipinski definition) is 0. The Morgan fingerprint density at radius 3 is 2.97 bits per heavy atom. The van der Waals surface area contributed by atoms with Gasteiger partial charge >= 0.3 is 5.97 Å². The number of morpholine rings is 1. The van der Waals surface area contributed by atoms with Gasteiger partial charge in [-0.1, -0.05) is 17.8 Å². The highest BCUT2D eigenvalue weighted by Crippen LogP contribution is 2.44. The lowest BCUT2D eigenvalue weighted by atomic mass is 9.86. The molecule has 1 aromatic heterocycles. The van der Waals surface area contributed by atoms with Crippen LogP contribution in [-0.2, 0) is 20.8 Å². The molecule has 0 radical (unpaired) electrons. The van der Waals surface area contributed by atoms with Gasteiger partial charge in [-0.25, -0.2) is 9.78 Å². The topological polar surface area (TPSA) is 105 Å². The van der Waals surface area contributed by atoms with E-state index in [4.69, 9.17) is 14.2 Å². The molecule has 1 saturated heterocycles. The van der Waals surface area contributed by atoms with Crippen LogP contribution in [0, 0.1) is 29.1 Å². The number of carbonyl (C=O) groups is 2. The number of aromatic nitrogens is 1.